The van der Waals surface area contributed by atoms with Crippen molar-refractivity contribution in [2.75, 3.05) is 19.4 Å². The van der Waals surface area contributed by atoms with Gasteiger partial charge >= 0.3 is 0 Å². The molecule has 0 saturated heterocycles. The van der Waals surface area contributed by atoms with Crippen LogP contribution in [-0.4, -0.2) is 19.4 Å². The van der Waals surface area contributed by atoms with E-state index in [1.165, 1.54) is 11.8 Å². The van der Waals surface area contributed by atoms with Crippen molar-refractivity contribution in [3.63, 3.8) is 0 Å². The molecular weight excluding hydrogens is 208 g/mol. The topological polar surface area (TPSA) is 18.5 Å². The summed E-state index contributed by atoms with van der Waals surface area (Å²) < 4.78 is 10.3. The van der Waals surface area contributed by atoms with E-state index in [-0.39, 0.29) is 0 Å². The van der Waals surface area contributed by atoms with Gasteiger partial charge in [0.2, 0.25) is 0 Å². The zero-order valence-electron chi connectivity index (χ0n) is 7.54. The number of thioether (sulfide) groups is 1. The van der Waals surface area contributed by atoms with Crippen LogP contribution < -0.4 is 9.47 Å². The van der Waals surface area contributed by atoms with Crippen LogP contribution >= 0.6 is 23.4 Å². The Bertz CT molecular complexity index is 278. The molecule has 0 aliphatic heterocycles. The van der Waals surface area contributed by atoms with Crippen LogP contribution in [0.15, 0.2) is 23.1 Å². The van der Waals surface area contributed by atoms with Crippen molar-refractivity contribution in [1.29, 1.82) is 0 Å². The standard InChI is InChI=1S/C9H11ClO2S/c1-11-7-3-4-8(12-2)9(5-7)13-6-10/h3-5H,6H2,1-2H3. The van der Waals surface area contributed by atoms with Crippen LogP contribution in [0.2, 0.25) is 0 Å². The maximum atomic E-state index is 5.63. The normalized spacial score (nSPS) is 9.77. The van der Waals surface area contributed by atoms with Crippen molar-refractivity contribution >= 4 is 23.4 Å². The Hall–Kier alpha value is -0.540. The number of hydrogen-bond donors (Lipinski definition) is 0. The highest BCUT2D eigenvalue weighted by molar-refractivity contribution is 8.00. The van der Waals surface area contributed by atoms with Crippen LogP contribution in [0, 0.1) is 0 Å². The lowest BCUT2D eigenvalue weighted by Gasteiger charge is -2.08. The third-order valence-electron chi connectivity index (χ3n) is 1.58. The Morgan fingerprint density at radius 2 is 2.08 bits per heavy atom. The van der Waals surface area contributed by atoms with E-state index in [4.69, 9.17) is 21.1 Å². The Morgan fingerprint density at radius 3 is 2.62 bits per heavy atom. The predicted molar refractivity (Wildman–Crippen MR) is 56.1 cm³/mol. The molecule has 1 aromatic rings. The SMILES string of the molecule is COc1ccc(OC)c(SCCl)c1. The van der Waals surface area contributed by atoms with Gasteiger partial charge in [-0.15, -0.1) is 23.4 Å². The average molecular weight is 219 g/mol. The van der Waals surface area contributed by atoms with Gasteiger partial charge in [0.15, 0.2) is 0 Å². The van der Waals surface area contributed by atoms with Crippen molar-refractivity contribution in [1.82, 2.24) is 0 Å². The van der Waals surface area contributed by atoms with Crippen LogP contribution in [0.4, 0.5) is 0 Å². The van der Waals surface area contributed by atoms with Gasteiger partial charge in [0.05, 0.1) is 24.3 Å². The van der Waals surface area contributed by atoms with Gasteiger partial charge in [0.25, 0.3) is 0 Å². The zero-order chi connectivity index (χ0) is 9.68. The third kappa shape index (κ3) is 2.71. The van der Waals surface area contributed by atoms with E-state index in [9.17, 15) is 0 Å². The molecule has 13 heavy (non-hydrogen) atoms. The molecule has 1 aromatic carbocycles. The lowest BCUT2D eigenvalue weighted by Crippen LogP contribution is -1.88. The fourth-order valence-corrected chi connectivity index (χ4v) is 1.92. The molecule has 0 heterocycles. The maximum Gasteiger partial charge on any atom is 0.132 e. The third-order valence-corrected chi connectivity index (χ3v) is 2.65. The number of alkyl halides is 1. The maximum absolute atomic E-state index is 5.63. The lowest BCUT2D eigenvalue weighted by atomic mass is 10.3. The summed E-state index contributed by atoms with van der Waals surface area (Å²) in [6.45, 7) is 0. The molecule has 0 aliphatic carbocycles. The zero-order valence-corrected chi connectivity index (χ0v) is 9.11. The smallest absolute Gasteiger partial charge is 0.132 e. The van der Waals surface area contributed by atoms with Gasteiger partial charge < -0.3 is 9.47 Å². The van der Waals surface area contributed by atoms with Crippen molar-refractivity contribution in [2.24, 2.45) is 0 Å². The second-order valence-corrected chi connectivity index (χ2v) is 3.87. The number of methoxy groups -OCH3 is 2. The van der Waals surface area contributed by atoms with Gasteiger partial charge in [-0.25, -0.2) is 0 Å². The van der Waals surface area contributed by atoms with Crippen LogP contribution in [0.25, 0.3) is 0 Å². The summed E-state index contributed by atoms with van der Waals surface area (Å²) in [7, 11) is 3.27. The molecule has 0 aromatic heterocycles. The lowest BCUT2D eigenvalue weighted by molar-refractivity contribution is 0.394. The number of hydrogen-bond acceptors (Lipinski definition) is 3. The highest BCUT2D eigenvalue weighted by Gasteiger charge is 2.04. The molecule has 4 heteroatoms. The molecule has 0 aliphatic rings. The second kappa shape index (κ2) is 5.25. The Balaban J connectivity index is 2.95. The van der Waals surface area contributed by atoms with Crippen molar-refractivity contribution in [2.45, 2.75) is 4.90 Å². The van der Waals surface area contributed by atoms with Crippen molar-refractivity contribution in [3.8, 4) is 11.5 Å². The first-order chi connectivity index (χ1) is 6.31. The first-order valence-electron chi connectivity index (χ1n) is 3.72. The summed E-state index contributed by atoms with van der Waals surface area (Å²) in [4.78, 5) is 0.997. The Labute approximate surface area is 87.2 Å². The van der Waals surface area contributed by atoms with E-state index in [2.05, 4.69) is 0 Å². The van der Waals surface area contributed by atoms with Crippen LogP contribution in [0.3, 0.4) is 0 Å². The minimum Gasteiger partial charge on any atom is -0.497 e. The highest BCUT2D eigenvalue weighted by atomic mass is 35.5. The van der Waals surface area contributed by atoms with Crippen molar-refractivity contribution < 1.29 is 9.47 Å². The summed E-state index contributed by atoms with van der Waals surface area (Å²) in [5.74, 6) is 1.64. The fourth-order valence-electron chi connectivity index (χ4n) is 0.956. The first kappa shape index (κ1) is 10.5. The van der Waals surface area contributed by atoms with Crippen molar-refractivity contribution in [3.05, 3.63) is 18.2 Å². The quantitative estimate of drug-likeness (QED) is 0.572. The van der Waals surface area contributed by atoms with E-state index in [1.54, 1.807) is 14.2 Å². The number of rotatable bonds is 4. The number of ether oxygens (including phenoxy) is 2. The van der Waals surface area contributed by atoms with Crippen LogP contribution in [0.5, 0.6) is 11.5 Å². The van der Waals surface area contributed by atoms with E-state index in [0.717, 1.165) is 16.4 Å². The minimum atomic E-state index is 0.503. The summed E-state index contributed by atoms with van der Waals surface area (Å²) in [5.41, 5.74) is 0. The molecule has 0 saturated carbocycles. The molecule has 0 radical (unpaired) electrons. The first-order valence-corrected chi connectivity index (χ1v) is 5.24. The van der Waals surface area contributed by atoms with Gasteiger partial charge in [-0.3, -0.25) is 0 Å². The summed E-state index contributed by atoms with van der Waals surface area (Å²) in [6.07, 6.45) is 0. The molecule has 0 amide bonds. The van der Waals surface area contributed by atoms with Gasteiger partial charge in [-0.2, -0.15) is 0 Å². The summed E-state index contributed by atoms with van der Waals surface area (Å²) >= 11 is 7.14. The molecule has 0 atom stereocenters. The Kier molecular flexibility index (Phi) is 4.25. The van der Waals surface area contributed by atoms with Crippen LogP contribution in [-0.2, 0) is 0 Å². The van der Waals surface area contributed by atoms with Gasteiger partial charge in [0, 0.05) is 0 Å². The molecule has 0 unspecified atom stereocenters. The fraction of sp³-hybridized carbons (Fsp3) is 0.333. The molecule has 0 spiro atoms. The number of benzene rings is 1. The molecule has 72 valence electrons. The second-order valence-electron chi connectivity index (χ2n) is 2.27. The summed E-state index contributed by atoms with van der Waals surface area (Å²) in [5, 5.41) is 0.503. The van der Waals surface area contributed by atoms with Crippen LogP contribution in [0.1, 0.15) is 0 Å². The van der Waals surface area contributed by atoms with E-state index in [0.29, 0.717) is 5.21 Å². The van der Waals surface area contributed by atoms with E-state index < -0.39 is 0 Å². The van der Waals surface area contributed by atoms with E-state index in [1.807, 2.05) is 18.2 Å². The average Bonchev–Trinajstić information content (AvgIpc) is 2.18. The molecule has 1 rings (SSSR count). The highest BCUT2D eigenvalue weighted by Crippen LogP contribution is 2.32. The predicted octanol–water partition coefficient (Wildman–Crippen LogP) is 2.99. The molecule has 0 N–H and O–H groups in total. The largest absolute Gasteiger partial charge is 0.497 e. The summed E-state index contributed by atoms with van der Waals surface area (Å²) in [6, 6.07) is 5.64. The monoisotopic (exact) mass is 218 g/mol. The minimum absolute atomic E-state index is 0.503. The molecule has 2 nitrogen and oxygen atoms in total. The van der Waals surface area contributed by atoms with Gasteiger partial charge in [-0.1, -0.05) is 0 Å². The van der Waals surface area contributed by atoms with Gasteiger partial charge in [0.1, 0.15) is 11.5 Å². The van der Waals surface area contributed by atoms with Gasteiger partial charge in [-0.05, 0) is 18.2 Å². The molecule has 0 bridgehead atoms. The molecule has 0 fully saturated rings. The number of halogens is 1. The van der Waals surface area contributed by atoms with E-state index >= 15 is 0 Å². The Morgan fingerprint density at radius 1 is 1.31 bits per heavy atom. The molecular formula is C9H11ClO2S.